The lowest BCUT2D eigenvalue weighted by atomic mass is 10.0. The van der Waals surface area contributed by atoms with Gasteiger partial charge in [0.1, 0.15) is 12.4 Å². The minimum absolute atomic E-state index is 0.0792. The van der Waals surface area contributed by atoms with Crippen molar-refractivity contribution in [3.05, 3.63) is 89.3 Å². The van der Waals surface area contributed by atoms with Crippen molar-refractivity contribution in [3.63, 3.8) is 0 Å². The molecule has 1 aromatic carbocycles. The second kappa shape index (κ2) is 10.6. The summed E-state index contributed by atoms with van der Waals surface area (Å²) in [4.78, 5) is 3.80. The van der Waals surface area contributed by atoms with E-state index in [1.807, 2.05) is 0 Å². The fourth-order valence-electron chi connectivity index (χ4n) is 4.61. The lowest BCUT2D eigenvalue weighted by Crippen LogP contribution is -2.35. The Hall–Kier alpha value is -4.52. The van der Waals surface area contributed by atoms with Crippen LogP contribution in [0.5, 0.6) is 5.88 Å². The number of alkyl halides is 2. The Morgan fingerprint density at radius 1 is 1.12 bits per heavy atom. The summed E-state index contributed by atoms with van der Waals surface area (Å²) in [5.41, 5.74) is 2.32. The Bertz CT molecular complexity index is 1660. The highest BCUT2D eigenvalue weighted by Gasteiger charge is 2.32. The maximum Gasteiger partial charge on any atom is 0.388 e. The van der Waals surface area contributed by atoms with Gasteiger partial charge in [-0.2, -0.15) is 23.3 Å². The molecule has 14 heteroatoms. The molecule has 0 N–H and O–H groups in total. The standard InChI is InChI=1S/C26H20ClF3N8O2/c27-19-4-6-21(37-14-32-34-35-37)24(25(19)28)17-3-5-20(38(39)13-17)22(9-15-1-2-15)36-12-18(11-33-36)16-7-8-31-23(10-16)40-26(29)30/h3-8,10-15,22,26H,1-2,9H2. The van der Waals surface area contributed by atoms with Crippen LogP contribution in [0.15, 0.2) is 67.5 Å². The van der Waals surface area contributed by atoms with Crippen molar-refractivity contribution in [3.8, 4) is 33.8 Å². The van der Waals surface area contributed by atoms with Crippen LogP contribution in [0.25, 0.3) is 27.9 Å². The topological polar surface area (TPSA) is 110 Å². The minimum atomic E-state index is -2.99. The van der Waals surface area contributed by atoms with Crippen molar-refractivity contribution >= 4 is 11.6 Å². The SMILES string of the molecule is [O-][n+]1cc(-c2c(-n3cnnn3)ccc(Cl)c2F)ccc1C(CC1CC1)n1cc(-c2ccnc(OC(F)F)c2)cn1. The van der Waals surface area contributed by atoms with Gasteiger partial charge in [0.05, 0.1) is 28.0 Å². The van der Waals surface area contributed by atoms with E-state index in [4.69, 9.17) is 11.6 Å². The van der Waals surface area contributed by atoms with Crippen LogP contribution < -0.4 is 9.47 Å². The van der Waals surface area contributed by atoms with E-state index in [1.165, 1.54) is 35.5 Å². The average Bonchev–Trinajstić information content (AvgIpc) is 3.36. The van der Waals surface area contributed by atoms with Gasteiger partial charge in [-0.15, -0.1) is 5.10 Å². The van der Waals surface area contributed by atoms with Crippen molar-refractivity contribution < 1.29 is 22.6 Å². The van der Waals surface area contributed by atoms with Gasteiger partial charge in [0, 0.05) is 30.1 Å². The predicted octanol–water partition coefficient (Wildman–Crippen LogP) is 5.00. The summed E-state index contributed by atoms with van der Waals surface area (Å²) in [6.07, 6.45) is 10.1. The average molecular weight is 569 g/mol. The normalized spacial score (nSPS) is 14.0. The summed E-state index contributed by atoms with van der Waals surface area (Å²) < 4.78 is 48.6. The Morgan fingerprint density at radius 3 is 2.70 bits per heavy atom. The van der Waals surface area contributed by atoms with Gasteiger partial charge in [-0.25, -0.2) is 9.37 Å². The highest BCUT2D eigenvalue weighted by Crippen LogP contribution is 2.39. The van der Waals surface area contributed by atoms with Crippen LogP contribution in [0.1, 0.15) is 31.0 Å². The highest BCUT2D eigenvalue weighted by atomic mass is 35.5. The van der Waals surface area contributed by atoms with Crippen molar-refractivity contribution in [1.29, 1.82) is 0 Å². The molecule has 1 atom stereocenters. The molecular weight excluding hydrogens is 549 g/mol. The molecule has 1 saturated carbocycles. The van der Waals surface area contributed by atoms with Gasteiger partial charge in [0.2, 0.25) is 11.6 Å². The van der Waals surface area contributed by atoms with Gasteiger partial charge in [0.25, 0.3) is 0 Å². The Labute approximate surface area is 230 Å². The molecule has 0 saturated heterocycles. The minimum Gasteiger partial charge on any atom is -0.618 e. The smallest absolute Gasteiger partial charge is 0.388 e. The Balaban J connectivity index is 1.36. The number of nitrogens with zero attached hydrogens (tertiary/aromatic N) is 8. The molecule has 5 aromatic rings. The Kier molecular flexibility index (Phi) is 6.80. The van der Waals surface area contributed by atoms with Crippen LogP contribution in [0, 0.1) is 16.9 Å². The van der Waals surface area contributed by atoms with Crippen molar-refractivity contribution in [1.82, 2.24) is 35.0 Å². The van der Waals surface area contributed by atoms with Gasteiger partial charge in [-0.3, -0.25) is 4.68 Å². The van der Waals surface area contributed by atoms with Gasteiger partial charge in [0.15, 0.2) is 12.0 Å². The molecule has 1 fully saturated rings. The molecule has 1 unspecified atom stereocenters. The van der Waals surface area contributed by atoms with E-state index in [-0.39, 0.29) is 16.5 Å². The third kappa shape index (κ3) is 5.19. The summed E-state index contributed by atoms with van der Waals surface area (Å²) in [5.74, 6) is -0.487. The quantitative estimate of drug-likeness (QED) is 0.182. The van der Waals surface area contributed by atoms with E-state index in [1.54, 1.807) is 41.3 Å². The van der Waals surface area contributed by atoms with E-state index in [0.29, 0.717) is 45.1 Å². The van der Waals surface area contributed by atoms with Gasteiger partial charge < -0.3 is 9.94 Å². The van der Waals surface area contributed by atoms with Crippen molar-refractivity contribution in [2.24, 2.45) is 5.92 Å². The van der Waals surface area contributed by atoms with Gasteiger partial charge in [-0.05, 0) is 52.6 Å². The second-order valence-corrected chi connectivity index (χ2v) is 9.75. The second-order valence-electron chi connectivity index (χ2n) is 9.34. The number of hydrogen-bond acceptors (Lipinski definition) is 7. The molecule has 0 spiro atoms. The number of hydrogen-bond donors (Lipinski definition) is 0. The number of rotatable bonds is 9. The number of ether oxygens (including phenoxy) is 1. The number of pyridine rings is 2. The first-order valence-electron chi connectivity index (χ1n) is 12.3. The molecule has 0 radical (unpaired) electrons. The molecule has 4 aromatic heterocycles. The maximum absolute atomic E-state index is 15.2. The first-order chi connectivity index (χ1) is 19.4. The van der Waals surface area contributed by atoms with Crippen LogP contribution in [-0.4, -0.2) is 41.6 Å². The molecule has 204 valence electrons. The maximum atomic E-state index is 15.2. The van der Waals surface area contributed by atoms with Crippen LogP contribution >= 0.6 is 11.6 Å². The van der Waals surface area contributed by atoms with Crippen LogP contribution in [0.3, 0.4) is 0 Å². The predicted molar refractivity (Wildman–Crippen MR) is 136 cm³/mol. The molecule has 1 aliphatic rings. The van der Waals surface area contributed by atoms with Crippen LogP contribution in [0.4, 0.5) is 13.2 Å². The van der Waals surface area contributed by atoms with E-state index in [2.05, 4.69) is 30.3 Å². The lowest BCUT2D eigenvalue weighted by molar-refractivity contribution is -0.615. The van der Waals surface area contributed by atoms with Crippen molar-refractivity contribution in [2.75, 3.05) is 0 Å². The molecule has 0 amide bonds. The zero-order valence-electron chi connectivity index (χ0n) is 20.6. The zero-order chi connectivity index (χ0) is 27.8. The fraction of sp³-hybridized carbons (Fsp3) is 0.231. The van der Waals surface area contributed by atoms with E-state index in [9.17, 15) is 14.0 Å². The van der Waals surface area contributed by atoms with Crippen molar-refractivity contribution in [2.45, 2.75) is 31.9 Å². The largest absolute Gasteiger partial charge is 0.618 e. The molecule has 0 bridgehead atoms. The van der Waals surface area contributed by atoms with E-state index in [0.717, 1.165) is 12.8 Å². The summed E-state index contributed by atoms with van der Waals surface area (Å²) in [7, 11) is 0. The third-order valence-electron chi connectivity index (χ3n) is 6.70. The van der Waals surface area contributed by atoms with E-state index >= 15 is 4.39 Å². The van der Waals surface area contributed by atoms with Crippen LogP contribution in [-0.2, 0) is 0 Å². The molecule has 0 aliphatic heterocycles. The first-order valence-corrected chi connectivity index (χ1v) is 12.7. The monoisotopic (exact) mass is 568 g/mol. The molecule has 4 heterocycles. The number of halogens is 4. The number of benzene rings is 1. The summed E-state index contributed by atoms with van der Waals surface area (Å²) >= 11 is 6.07. The highest BCUT2D eigenvalue weighted by molar-refractivity contribution is 6.31. The first kappa shape index (κ1) is 25.7. The number of tetrazole rings is 1. The summed E-state index contributed by atoms with van der Waals surface area (Å²) in [6.45, 7) is -2.99. The van der Waals surface area contributed by atoms with E-state index < -0.39 is 18.5 Å². The third-order valence-corrected chi connectivity index (χ3v) is 6.99. The summed E-state index contributed by atoms with van der Waals surface area (Å²) in [6, 6.07) is 8.87. The molecule has 1 aliphatic carbocycles. The van der Waals surface area contributed by atoms with Gasteiger partial charge >= 0.3 is 6.61 Å². The summed E-state index contributed by atoms with van der Waals surface area (Å²) in [5, 5.41) is 28.9. The zero-order valence-corrected chi connectivity index (χ0v) is 21.4. The van der Waals surface area contributed by atoms with Crippen LogP contribution in [0.2, 0.25) is 5.02 Å². The molecule has 40 heavy (non-hydrogen) atoms. The number of aromatic nitrogens is 8. The molecule has 6 rings (SSSR count). The lowest BCUT2D eigenvalue weighted by Gasteiger charge is -2.18. The molecular formula is C26H20ClF3N8O2. The Morgan fingerprint density at radius 2 is 1.98 bits per heavy atom. The fourth-order valence-corrected chi connectivity index (χ4v) is 4.77. The van der Waals surface area contributed by atoms with Gasteiger partial charge in [-0.1, -0.05) is 24.4 Å². The molecule has 10 nitrogen and oxygen atoms in total.